The van der Waals surface area contributed by atoms with E-state index >= 15 is 0 Å². The summed E-state index contributed by atoms with van der Waals surface area (Å²) in [7, 11) is 2.16. The molecule has 0 aliphatic carbocycles. The topological polar surface area (TPSA) is 78.0 Å². The van der Waals surface area contributed by atoms with Crippen molar-refractivity contribution in [2.45, 2.75) is 58.8 Å². The van der Waals surface area contributed by atoms with Crippen LogP contribution in [-0.2, 0) is 16.1 Å². The monoisotopic (exact) mass is 551 g/mol. The third kappa shape index (κ3) is 7.57. The molecule has 0 unspecified atom stereocenters. The van der Waals surface area contributed by atoms with Gasteiger partial charge < -0.3 is 19.9 Å². The van der Waals surface area contributed by atoms with E-state index in [1.807, 2.05) is 44.0 Å². The predicted molar refractivity (Wildman–Crippen MR) is 152 cm³/mol. The molecular formula is C27H39Cl2N5O3. The summed E-state index contributed by atoms with van der Waals surface area (Å²) in [6.45, 7) is 12.4. The van der Waals surface area contributed by atoms with E-state index in [1.54, 1.807) is 6.92 Å². The minimum Gasteiger partial charge on any atom is -0.447 e. The predicted octanol–water partition coefficient (Wildman–Crippen LogP) is 4.66. The number of anilines is 1. The van der Waals surface area contributed by atoms with Gasteiger partial charge in [-0.15, -0.1) is 24.8 Å². The second kappa shape index (κ2) is 13.4. The number of ether oxygens (including phenoxy) is 1. The van der Waals surface area contributed by atoms with E-state index in [4.69, 9.17) is 9.72 Å². The zero-order chi connectivity index (χ0) is 25.1. The van der Waals surface area contributed by atoms with Gasteiger partial charge in [-0.1, -0.05) is 12.1 Å². The molecule has 1 aromatic heterocycles. The lowest BCUT2D eigenvalue weighted by Gasteiger charge is -2.39. The molecule has 8 nitrogen and oxygen atoms in total. The van der Waals surface area contributed by atoms with Gasteiger partial charge >= 0.3 is 6.09 Å². The molecule has 2 amide bonds. The summed E-state index contributed by atoms with van der Waals surface area (Å²) in [6, 6.07) is 9.97. The van der Waals surface area contributed by atoms with Crippen molar-refractivity contribution in [2.24, 2.45) is 0 Å². The Bertz CT molecular complexity index is 1060. The number of halogens is 2. The summed E-state index contributed by atoms with van der Waals surface area (Å²) in [4.78, 5) is 36.1. The van der Waals surface area contributed by atoms with Crippen molar-refractivity contribution in [1.82, 2.24) is 20.1 Å². The Hall–Kier alpha value is -2.39. The van der Waals surface area contributed by atoms with Crippen molar-refractivity contribution in [3.63, 3.8) is 0 Å². The van der Waals surface area contributed by atoms with Gasteiger partial charge in [-0.25, -0.2) is 4.79 Å². The molecule has 4 rings (SSSR count). The fourth-order valence-electron chi connectivity index (χ4n) is 4.97. The number of aromatic nitrogens is 1. The molecule has 0 bridgehead atoms. The Kier molecular flexibility index (Phi) is 11.2. The fraction of sp³-hybridized carbons (Fsp3) is 0.519. The highest BCUT2D eigenvalue weighted by molar-refractivity contribution is 5.94. The highest BCUT2D eigenvalue weighted by atomic mass is 35.5. The Balaban J connectivity index is 0.00000241. The van der Waals surface area contributed by atoms with E-state index in [9.17, 15) is 9.59 Å². The molecule has 2 aromatic rings. The van der Waals surface area contributed by atoms with Crippen molar-refractivity contribution in [3.05, 3.63) is 47.8 Å². The number of likely N-dealkylation sites (N-methyl/N-ethyl adjacent to an activating group) is 1. The van der Waals surface area contributed by atoms with Gasteiger partial charge in [0.2, 0.25) is 5.91 Å². The third-order valence-electron chi connectivity index (χ3n) is 6.79. The minimum atomic E-state index is -0.445. The normalized spacial score (nSPS) is 19.9. The van der Waals surface area contributed by atoms with E-state index in [-0.39, 0.29) is 48.9 Å². The third-order valence-corrected chi connectivity index (χ3v) is 6.79. The summed E-state index contributed by atoms with van der Waals surface area (Å²) < 4.78 is 5.33. The molecule has 0 spiro atoms. The van der Waals surface area contributed by atoms with Crippen molar-refractivity contribution in [1.29, 1.82) is 0 Å². The lowest BCUT2D eigenvalue weighted by atomic mass is 9.89. The molecule has 1 fully saturated rings. The van der Waals surface area contributed by atoms with Crippen molar-refractivity contribution >= 4 is 42.5 Å². The van der Waals surface area contributed by atoms with Crippen LogP contribution >= 0.6 is 24.8 Å². The van der Waals surface area contributed by atoms with Gasteiger partial charge in [-0.2, -0.15) is 0 Å². The maximum absolute atomic E-state index is 12.4. The number of alkyl carbamates (subject to hydrolysis) is 1. The average molecular weight is 553 g/mol. The second-order valence-corrected chi connectivity index (χ2v) is 10.0. The smallest absolute Gasteiger partial charge is 0.407 e. The Morgan fingerprint density at radius 1 is 1.08 bits per heavy atom. The molecule has 1 N–H and O–H groups in total. The lowest BCUT2D eigenvalue weighted by Crippen LogP contribution is -2.45. The number of carbonyl (C=O) groups is 2. The van der Waals surface area contributed by atoms with E-state index in [0.717, 1.165) is 60.8 Å². The maximum atomic E-state index is 12.4. The summed E-state index contributed by atoms with van der Waals surface area (Å²) in [5, 5.41) is 3.01. The number of pyridine rings is 1. The van der Waals surface area contributed by atoms with Crippen molar-refractivity contribution in [3.8, 4) is 11.1 Å². The number of benzene rings is 1. The number of carbonyl (C=O) groups excluding carboxylic acids is 2. The van der Waals surface area contributed by atoms with E-state index < -0.39 is 6.09 Å². The zero-order valence-corrected chi connectivity index (χ0v) is 23.9. The lowest BCUT2D eigenvalue weighted by molar-refractivity contribution is -0.117. The van der Waals surface area contributed by atoms with Crippen LogP contribution < -0.4 is 10.2 Å². The van der Waals surface area contributed by atoms with Gasteiger partial charge in [0, 0.05) is 63.1 Å². The number of hydrogen-bond donors (Lipinski definition) is 1. The van der Waals surface area contributed by atoms with Crippen LogP contribution in [0.2, 0.25) is 0 Å². The highest BCUT2D eigenvalue weighted by Crippen LogP contribution is 2.39. The maximum Gasteiger partial charge on any atom is 0.407 e. The van der Waals surface area contributed by atoms with Gasteiger partial charge in [0.25, 0.3) is 0 Å². The number of nitrogens with one attached hydrogen (secondary N) is 1. The SMILES string of the molecule is CC(=O)N1c2ccc(-c3ccc(CN4CCN(C)CC4)nc3)cc2[C@H](NC(=O)OC(C)C)C[C@@H]1C.Cl.Cl. The van der Waals surface area contributed by atoms with Crippen LogP contribution in [0.5, 0.6) is 0 Å². The van der Waals surface area contributed by atoms with Crippen LogP contribution in [0.25, 0.3) is 11.1 Å². The molecule has 2 aliphatic rings. The molecule has 1 aromatic carbocycles. The van der Waals surface area contributed by atoms with Crippen LogP contribution in [0.3, 0.4) is 0 Å². The molecule has 0 saturated carbocycles. The molecule has 37 heavy (non-hydrogen) atoms. The summed E-state index contributed by atoms with van der Waals surface area (Å²) in [5.41, 5.74) is 4.81. The number of piperazine rings is 1. The second-order valence-electron chi connectivity index (χ2n) is 10.0. The fourth-order valence-corrected chi connectivity index (χ4v) is 4.97. The van der Waals surface area contributed by atoms with Crippen LogP contribution in [0.15, 0.2) is 36.5 Å². The largest absolute Gasteiger partial charge is 0.447 e. The first-order valence-electron chi connectivity index (χ1n) is 12.5. The number of amides is 2. The first kappa shape index (κ1) is 30.8. The quantitative estimate of drug-likeness (QED) is 0.582. The Morgan fingerprint density at radius 3 is 2.35 bits per heavy atom. The zero-order valence-electron chi connectivity index (χ0n) is 22.3. The summed E-state index contributed by atoms with van der Waals surface area (Å²) in [5.74, 6) is -0.00960. The molecule has 204 valence electrons. The highest BCUT2D eigenvalue weighted by Gasteiger charge is 2.33. The molecular weight excluding hydrogens is 513 g/mol. The summed E-state index contributed by atoms with van der Waals surface area (Å²) in [6.07, 6.45) is 1.88. The van der Waals surface area contributed by atoms with Crippen LogP contribution in [-0.4, -0.2) is 72.2 Å². The van der Waals surface area contributed by atoms with Crippen LogP contribution in [0.1, 0.15) is 51.4 Å². The van der Waals surface area contributed by atoms with Crippen LogP contribution in [0.4, 0.5) is 10.5 Å². The molecule has 10 heteroatoms. The van der Waals surface area contributed by atoms with E-state index in [1.165, 1.54) is 0 Å². The van der Waals surface area contributed by atoms with Crippen LogP contribution in [0, 0.1) is 0 Å². The first-order valence-corrected chi connectivity index (χ1v) is 12.5. The average Bonchev–Trinajstić information content (AvgIpc) is 2.80. The van der Waals surface area contributed by atoms with E-state index in [2.05, 4.69) is 40.4 Å². The standard InChI is InChI=1S/C27H37N5O3.2ClH/c1-18(2)35-27(34)29-25-14-19(3)32(20(4)33)26-9-7-21(15-24(25)26)22-6-8-23(28-16-22)17-31-12-10-30(5)11-13-31;;/h6-9,15-16,18-19,25H,10-14,17H2,1-5H3,(H,29,34);2*1H/t19-,25+;;/m0../s1. The van der Waals surface area contributed by atoms with Gasteiger partial charge in [0.1, 0.15) is 0 Å². The minimum absolute atomic E-state index is 0. The number of hydrogen-bond acceptors (Lipinski definition) is 6. The van der Waals surface area contributed by atoms with Gasteiger partial charge in [0.05, 0.1) is 17.8 Å². The first-order chi connectivity index (χ1) is 16.7. The molecule has 0 radical (unpaired) electrons. The Morgan fingerprint density at radius 2 is 1.76 bits per heavy atom. The molecule has 2 aliphatic heterocycles. The molecule has 3 heterocycles. The van der Waals surface area contributed by atoms with Gasteiger partial charge in [0.15, 0.2) is 0 Å². The van der Waals surface area contributed by atoms with E-state index in [0.29, 0.717) is 6.42 Å². The van der Waals surface area contributed by atoms with Gasteiger partial charge in [-0.3, -0.25) is 14.7 Å². The van der Waals surface area contributed by atoms with Crippen molar-refractivity contribution in [2.75, 3.05) is 38.1 Å². The number of fused-ring (bicyclic) bond motifs is 1. The molecule has 2 atom stereocenters. The molecule has 1 saturated heterocycles. The van der Waals surface area contributed by atoms with Gasteiger partial charge in [-0.05, 0) is 63.6 Å². The van der Waals surface area contributed by atoms with Crippen molar-refractivity contribution < 1.29 is 14.3 Å². The number of nitrogens with zero attached hydrogens (tertiary/aromatic N) is 4. The Labute approximate surface area is 232 Å². The number of rotatable bonds is 5. The summed E-state index contributed by atoms with van der Waals surface area (Å²) >= 11 is 0.